The summed E-state index contributed by atoms with van der Waals surface area (Å²) in [5.41, 5.74) is 0.646. The third-order valence-electron chi connectivity index (χ3n) is 5.27. The van der Waals surface area contributed by atoms with Crippen LogP contribution in [0.2, 0.25) is 5.02 Å². The van der Waals surface area contributed by atoms with Gasteiger partial charge >= 0.3 is 0 Å². The van der Waals surface area contributed by atoms with Crippen molar-refractivity contribution >= 4 is 39.1 Å². The van der Waals surface area contributed by atoms with Crippen LogP contribution >= 0.6 is 11.6 Å². The molecule has 0 aliphatic carbocycles. The van der Waals surface area contributed by atoms with Crippen molar-refractivity contribution in [1.82, 2.24) is 9.62 Å². The molecule has 0 saturated heterocycles. The van der Waals surface area contributed by atoms with Crippen LogP contribution in [0, 0.1) is 0 Å². The van der Waals surface area contributed by atoms with Gasteiger partial charge in [-0.1, -0.05) is 32.4 Å². The molecule has 2 amide bonds. The van der Waals surface area contributed by atoms with E-state index in [0.717, 1.165) is 6.42 Å². The second-order valence-corrected chi connectivity index (χ2v) is 10.3. The van der Waals surface area contributed by atoms with Crippen LogP contribution in [-0.2, 0) is 10.0 Å². The molecule has 0 saturated carbocycles. The topological polar surface area (TPSA) is 95.6 Å². The van der Waals surface area contributed by atoms with E-state index < -0.39 is 15.9 Å². The van der Waals surface area contributed by atoms with Gasteiger partial charge in [0.15, 0.2) is 0 Å². The largest absolute Gasteiger partial charge is 0.347 e. The Kier molecular flexibility index (Phi) is 8.45. The van der Waals surface area contributed by atoms with Crippen molar-refractivity contribution in [2.75, 3.05) is 18.4 Å². The van der Waals surface area contributed by atoms with E-state index >= 15 is 0 Å². The highest BCUT2D eigenvalue weighted by Gasteiger charge is 2.24. The Morgan fingerprint density at radius 3 is 2.09 bits per heavy atom. The molecule has 2 rings (SSSR count). The predicted molar refractivity (Wildman–Crippen MR) is 128 cm³/mol. The van der Waals surface area contributed by atoms with Crippen molar-refractivity contribution in [3.63, 3.8) is 0 Å². The minimum absolute atomic E-state index is 0.00121. The van der Waals surface area contributed by atoms with Crippen LogP contribution in [0.1, 0.15) is 61.8 Å². The summed E-state index contributed by atoms with van der Waals surface area (Å²) >= 11 is 6.17. The number of sulfonamides is 1. The summed E-state index contributed by atoms with van der Waals surface area (Å²) in [7, 11) is -3.73. The van der Waals surface area contributed by atoms with Crippen molar-refractivity contribution in [2.45, 2.75) is 51.5 Å². The standard InChI is InChI=1S/C23H30ClN3O4S/c1-6-23(4,5)26-21(28)16-9-11-17(12-10-16)25-22(29)19-15-18(13-14-20(19)24)32(30,31)27(7-2)8-3/h9-15H,6-8H2,1-5H3,(H,25,29)(H,26,28). The molecule has 0 bridgehead atoms. The van der Waals surface area contributed by atoms with E-state index in [1.807, 2.05) is 20.8 Å². The number of halogens is 1. The molecule has 0 atom stereocenters. The molecule has 0 aliphatic rings. The molecule has 9 heteroatoms. The molecular formula is C23H30ClN3O4S. The molecule has 0 unspecified atom stereocenters. The van der Waals surface area contributed by atoms with Crippen LogP contribution in [0.5, 0.6) is 0 Å². The molecule has 0 aromatic heterocycles. The van der Waals surface area contributed by atoms with Crippen molar-refractivity contribution in [2.24, 2.45) is 0 Å². The maximum absolute atomic E-state index is 12.8. The van der Waals surface area contributed by atoms with Crippen molar-refractivity contribution in [3.8, 4) is 0 Å². The van der Waals surface area contributed by atoms with E-state index in [2.05, 4.69) is 10.6 Å². The van der Waals surface area contributed by atoms with Crippen LogP contribution in [0.4, 0.5) is 5.69 Å². The predicted octanol–water partition coefficient (Wildman–Crippen LogP) is 4.54. The average molecular weight is 480 g/mol. The maximum atomic E-state index is 12.8. The normalized spacial score (nSPS) is 12.0. The lowest BCUT2D eigenvalue weighted by atomic mass is 10.0. The van der Waals surface area contributed by atoms with Crippen LogP contribution in [-0.4, -0.2) is 43.2 Å². The summed E-state index contributed by atoms with van der Waals surface area (Å²) < 4.78 is 26.9. The third kappa shape index (κ3) is 6.09. The summed E-state index contributed by atoms with van der Waals surface area (Å²) in [5, 5.41) is 5.78. The van der Waals surface area contributed by atoms with E-state index in [9.17, 15) is 18.0 Å². The fourth-order valence-electron chi connectivity index (χ4n) is 2.92. The third-order valence-corrected chi connectivity index (χ3v) is 7.64. The zero-order chi connectivity index (χ0) is 24.1. The Hall–Kier alpha value is -2.42. The molecule has 0 spiro atoms. The number of nitrogens with zero attached hydrogens (tertiary/aromatic N) is 1. The molecule has 2 aromatic rings. The Morgan fingerprint density at radius 2 is 1.56 bits per heavy atom. The van der Waals surface area contributed by atoms with Gasteiger partial charge < -0.3 is 10.6 Å². The van der Waals surface area contributed by atoms with Crippen LogP contribution in [0.3, 0.4) is 0 Å². The minimum Gasteiger partial charge on any atom is -0.347 e. The van der Waals surface area contributed by atoms with Gasteiger partial charge in [0.05, 0.1) is 15.5 Å². The molecular weight excluding hydrogens is 450 g/mol. The molecule has 2 N–H and O–H groups in total. The molecule has 2 aromatic carbocycles. The highest BCUT2D eigenvalue weighted by Crippen LogP contribution is 2.24. The van der Waals surface area contributed by atoms with E-state index in [1.54, 1.807) is 38.1 Å². The second kappa shape index (κ2) is 10.5. The number of nitrogens with one attached hydrogen (secondary N) is 2. The van der Waals surface area contributed by atoms with Gasteiger partial charge in [-0.05, 0) is 62.7 Å². The molecule has 32 heavy (non-hydrogen) atoms. The van der Waals surface area contributed by atoms with Gasteiger partial charge in [0.25, 0.3) is 11.8 Å². The number of hydrogen-bond donors (Lipinski definition) is 2. The van der Waals surface area contributed by atoms with Gasteiger partial charge in [0.2, 0.25) is 10.0 Å². The summed E-state index contributed by atoms with van der Waals surface area (Å²) in [6, 6.07) is 10.5. The monoisotopic (exact) mass is 479 g/mol. The first-order chi connectivity index (χ1) is 14.9. The number of rotatable bonds is 9. The van der Waals surface area contributed by atoms with E-state index in [1.165, 1.54) is 22.5 Å². The average Bonchev–Trinajstić information content (AvgIpc) is 2.74. The second-order valence-electron chi connectivity index (χ2n) is 7.95. The van der Waals surface area contributed by atoms with Crippen LogP contribution in [0.15, 0.2) is 47.4 Å². The quantitative estimate of drug-likeness (QED) is 0.551. The van der Waals surface area contributed by atoms with Gasteiger partial charge in [0, 0.05) is 29.9 Å². The smallest absolute Gasteiger partial charge is 0.257 e. The van der Waals surface area contributed by atoms with E-state index in [-0.39, 0.29) is 26.9 Å². The molecule has 7 nitrogen and oxygen atoms in total. The number of benzene rings is 2. The van der Waals surface area contributed by atoms with Gasteiger partial charge in [-0.2, -0.15) is 4.31 Å². The van der Waals surface area contributed by atoms with Crippen LogP contribution in [0.25, 0.3) is 0 Å². The molecule has 0 aliphatic heterocycles. The number of carbonyl (C=O) groups is 2. The molecule has 0 heterocycles. The van der Waals surface area contributed by atoms with Gasteiger partial charge in [0.1, 0.15) is 0 Å². The molecule has 0 fully saturated rings. The summed E-state index contributed by atoms with van der Waals surface area (Å²) in [4.78, 5) is 25.2. The Labute approximate surface area is 195 Å². The summed E-state index contributed by atoms with van der Waals surface area (Å²) in [6.07, 6.45) is 0.788. The molecule has 174 valence electrons. The maximum Gasteiger partial charge on any atom is 0.257 e. The van der Waals surface area contributed by atoms with Gasteiger partial charge in [-0.25, -0.2) is 8.42 Å². The van der Waals surface area contributed by atoms with Crippen LogP contribution < -0.4 is 10.6 Å². The lowest BCUT2D eigenvalue weighted by Crippen LogP contribution is -2.42. The lowest BCUT2D eigenvalue weighted by molar-refractivity contribution is 0.0910. The lowest BCUT2D eigenvalue weighted by Gasteiger charge is -2.24. The Morgan fingerprint density at radius 1 is 0.969 bits per heavy atom. The molecule has 0 radical (unpaired) electrons. The van der Waals surface area contributed by atoms with Gasteiger partial charge in [-0.3, -0.25) is 9.59 Å². The van der Waals surface area contributed by atoms with Crippen molar-refractivity contribution in [3.05, 3.63) is 58.6 Å². The first kappa shape index (κ1) is 25.8. The number of anilines is 1. The highest BCUT2D eigenvalue weighted by atomic mass is 35.5. The highest BCUT2D eigenvalue weighted by molar-refractivity contribution is 7.89. The first-order valence-corrected chi connectivity index (χ1v) is 12.3. The Balaban J connectivity index is 2.22. The number of amides is 2. The van der Waals surface area contributed by atoms with Gasteiger partial charge in [-0.15, -0.1) is 0 Å². The fraction of sp³-hybridized carbons (Fsp3) is 0.391. The van der Waals surface area contributed by atoms with Crippen molar-refractivity contribution in [1.29, 1.82) is 0 Å². The van der Waals surface area contributed by atoms with Crippen molar-refractivity contribution < 1.29 is 18.0 Å². The number of carbonyl (C=O) groups excluding carboxylic acids is 2. The zero-order valence-corrected chi connectivity index (χ0v) is 20.6. The number of hydrogen-bond acceptors (Lipinski definition) is 4. The summed E-state index contributed by atoms with van der Waals surface area (Å²) in [6.45, 7) is 10.0. The first-order valence-electron chi connectivity index (χ1n) is 10.5. The van der Waals surface area contributed by atoms with E-state index in [4.69, 9.17) is 11.6 Å². The summed E-state index contributed by atoms with van der Waals surface area (Å²) in [5.74, 6) is -0.747. The fourth-order valence-corrected chi connectivity index (χ4v) is 4.61. The minimum atomic E-state index is -3.73. The zero-order valence-electron chi connectivity index (χ0n) is 19.0. The van der Waals surface area contributed by atoms with E-state index in [0.29, 0.717) is 24.3 Å². The Bertz CT molecular complexity index is 1080. The SMILES string of the molecule is CCN(CC)S(=O)(=O)c1ccc(Cl)c(C(=O)Nc2ccc(C(=O)NC(C)(C)CC)cc2)c1.